The van der Waals surface area contributed by atoms with Crippen molar-refractivity contribution in [1.29, 1.82) is 0 Å². The molecular formula is C23H28. The van der Waals surface area contributed by atoms with Gasteiger partial charge in [-0.2, -0.15) is 0 Å². The van der Waals surface area contributed by atoms with Crippen molar-refractivity contribution in [3.8, 4) is 11.1 Å². The molecule has 0 fully saturated rings. The van der Waals surface area contributed by atoms with Gasteiger partial charge in [-0.15, -0.1) is 0 Å². The van der Waals surface area contributed by atoms with E-state index in [2.05, 4.69) is 70.2 Å². The molecule has 3 rings (SSSR count). The smallest absolute Gasteiger partial charge is 0.00549 e. The summed E-state index contributed by atoms with van der Waals surface area (Å²) in [6, 6.07) is 13.6. The topological polar surface area (TPSA) is 0 Å². The standard InChI is InChI=1S/C23H28/c1-5-9-18-12-13-19-14-20(16(3)6-2)15-22(19)23(18)21-11-8-7-10-17(21)4/h7-8,10-13,15-16H,5-6,9,14H2,1-4H3. The van der Waals surface area contributed by atoms with E-state index < -0.39 is 0 Å². The Kier molecular flexibility index (Phi) is 4.71. The molecule has 23 heavy (non-hydrogen) atoms. The van der Waals surface area contributed by atoms with Gasteiger partial charge in [-0.05, 0) is 65.5 Å². The first-order chi connectivity index (χ1) is 11.2. The third kappa shape index (κ3) is 3.00. The van der Waals surface area contributed by atoms with Crippen molar-refractivity contribution < 1.29 is 0 Å². The van der Waals surface area contributed by atoms with Gasteiger partial charge in [-0.1, -0.05) is 75.2 Å². The number of hydrogen-bond donors (Lipinski definition) is 0. The second-order valence-electron chi connectivity index (χ2n) is 6.94. The number of aryl methyl sites for hydroxylation is 2. The van der Waals surface area contributed by atoms with E-state index in [-0.39, 0.29) is 0 Å². The van der Waals surface area contributed by atoms with E-state index in [1.807, 2.05) is 0 Å². The quantitative estimate of drug-likeness (QED) is 0.583. The van der Waals surface area contributed by atoms with Crippen molar-refractivity contribution in [2.45, 2.75) is 53.4 Å². The maximum Gasteiger partial charge on any atom is -0.00549 e. The van der Waals surface area contributed by atoms with Crippen LogP contribution in [-0.2, 0) is 12.8 Å². The molecule has 120 valence electrons. The van der Waals surface area contributed by atoms with Crippen LogP contribution in [0.3, 0.4) is 0 Å². The lowest BCUT2D eigenvalue weighted by atomic mass is 9.88. The lowest BCUT2D eigenvalue weighted by Gasteiger charge is -2.16. The molecule has 0 amide bonds. The number of benzene rings is 2. The molecule has 1 unspecified atom stereocenters. The number of rotatable bonds is 5. The molecule has 1 aliphatic carbocycles. The molecule has 2 aromatic carbocycles. The highest BCUT2D eigenvalue weighted by Crippen LogP contribution is 2.40. The van der Waals surface area contributed by atoms with E-state index in [1.54, 1.807) is 5.57 Å². The minimum absolute atomic E-state index is 0.682. The fraction of sp³-hybridized carbons (Fsp3) is 0.391. The SMILES string of the molecule is CCCc1ccc2c(c1-c1ccccc1C)C=C(C(C)CC)C2. The predicted molar refractivity (Wildman–Crippen MR) is 102 cm³/mol. The molecule has 0 spiro atoms. The highest BCUT2D eigenvalue weighted by molar-refractivity contribution is 5.84. The summed E-state index contributed by atoms with van der Waals surface area (Å²) in [5.74, 6) is 0.682. The Bertz CT molecular complexity index is 734. The Morgan fingerprint density at radius 1 is 1.04 bits per heavy atom. The van der Waals surface area contributed by atoms with Crippen molar-refractivity contribution in [2.75, 3.05) is 0 Å². The fourth-order valence-electron chi connectivity index (χ4n) is 3.71. The second-order valence-corrected chi connectivity index (χ2v) is 6.94. The Balaban J connectivity index is 2.19. The first kappa shape index (κ1) is 16.1. The number of allylic oxidation sites excluding steroid dienone is 1. The molecule has 0 N–H and O–H groups in total. The zero-order valence-electron chi connectivity index (χ0n) is 14.9. The van der Waals surface area contributed by atoms with Gasteiger partial charge < -0.3 is 0 Å². The van der Waals surface area contributed by atoms with Crippen LogP contribution in [0.15, 0.2) is 42.0 Å². The third-order valence-electron chi connectivity index (χ3n) is 5.33. The summed E-state index contributed by atoms with van der Waals surface area (Å²) in [5, 5.41) is 0. The fourth-order valence-corrected chi connectivity index (χ4v) is 3.71. The van der Waals surface area contributed by atoms with E-state index in [9.17, 15) is 0 Å². The summed E-state index contributed by atoms with van der Waals surface area (Å²) in [5.41, 5.74) is 10.4. The highest BCUT2D eigenvalue weighted by atomic mass is 14.3. The zero-order valence-corrected chi connectivity index (χ0v) is 14.9. The van der Waals surface area contributed by atoms with Gasteiger partial charge in [-0.3, -0.25) is 0 Å². The number of fused-ring (bicyclic) bond motifs is 1. The summed E-state index contributed by atoms with van der Waals surface area (Å²) >= 11 is 0. The second kappa shape index (κ2) is 6.74. The van der Waals surface area contributed by atoms with Crippen LogP contribution in [0.4, 0.5) is 0 Å². The molecule has 0 radical (unpaired) electrons. The van der Waals surface area contributed by atoms with Gasteiger partial charge in [0.25, 0.3) is 0 Å². The first-order valence-corrected chi connectivity index (χ1v) is 9.06. The van der Waals surface area contributed by atoms with Crippen molar-refractivity contribution in [2.24, 2.45) is 5.92 Å². The summed E-state index contributed by atoms with van der Waals surface area (Å²) in [6.45, 7) is 9.16. The summed E-state index contributed by atoms with van der Waals surface area (Å²) in [7, 11) is 0. The minimum Gasteiger partial charge on any atom is -0.0651 e. The molecule has 1 atom stereocenters. The maximum atomic E-state index is 2.49. The molecule has 0 aliphatic heterocycles. The molecular weight excluding hydrogens is 276 g/mol. The van der Waals surface area contributed by atoms with Crippen LogP contribution in [0.2, 0.25) is 0 Å². The van der Waals surface area contributed by atoms with Crippen molar-refractivity contribution in [1.82, 2.24) is 0 Å². The van der Waals surface area contributed by atoms with Crippen LogP contribution >= 0.6 is 0 Å². The molecule has 2 aromatic rings. The van der Waals surface area contributed by atoms with Crippen LogP contribution in [0.25, 0.3) is 17.2 Å². The molecule has 0 saturated carbocycles. The largest absolute Gasteiger partial charge is 0.0651 e. The lowest BCUT2D eigenvalue weighted by molar-refractivity contribution is 0.647. The Labute approximate surface area is 141 Å². The van der Waals surface area contributed by atoms with E-state index in [1.165, 1.54) is 46.2 Å². The monoisotopic (exact) mass is 304 g/mol. The third-order valence-corrected chi connectivity index (χ3v) is 5.33. The number of hydrogen-bond acceptors (Lipinski definition) is 0. The molecule has 1 aliphatic rings. The van der Waals surface area contributed by atoms with Gasteiger partial charge in [0, 0.05) is 0 Å². The molecule has 0 bridgehead atoms. The Morgan fingerprint density at radius 2 is 1.83 bits per heavy atom. The van der Waals surface area contributed by atoms with Crippen molar-refractivity contribution in [3.05, 3.63) is 64.2 Å². The summed E-state index contributed by atoms with van der Waals surface area (Å²) in [6.07, 6.45) is 7.20. The molecule has 0 aromatic heterocycles. The average Bonchev–Trinajstić information content (AvgIpc) is 2.99. The Morgan fingerprint density at radius 3 is 2.52 bits per heavy atom. The predicted octanol–water partition coefficient (Wildman–Crippen LogP) is 6.60. The Hall–Kier alpha value is -1.82. The van der Waals surface area contributed by atoms with Crippen LogP contribution in [0, 0.1) is 12.8 Å². The van der Waals surface area contributed by atoms with Gasteiger partial charge in [0.15, 0.2) is 0 Å². The van der Waals surface area contributed by atoms with E-state index in [0.29, 0.717) is 5.92 Å². The van der Waals surface area contributed by atoms with Crippen LogP contribution in [-0.4, -0.2) is 0 Å². The van der Waals surface area contributed by atoms with Crippen LogP contribution < -0.4 is 0 Å². The lowest BCUT2D eigenvalue weighted by Crippen LogP contribution is -1.98. The van der Waals surface area contributed by atoms with Crippen LogP contribution in [0.5, 0.6) is 0 Å². The molecule has 0 heteroatoms. The van der Waals surface area contributed by atoms with Crippen molar-refractivity contribution in [3.63, 3.8) is 0 Å². The van der Waals surface area contributed by atoms with Gasteiger partial charge >= 0.3 is 0 Å². The maximum absolute atomic E-state index is 2.49. The highest BCUT2D eigenvalue weighted by Gasteiger charge is 2.22. The normalized spacial score (nSPS) is 14.5. The van der Waals surface area contributed by atoms with E-state index in [4.69, 9.17) is 0 Å². The van der Waals surface area contributed by atoms with Gasteiger partial charge in [0.05, 0.1) is 0 Å². The van der Waals surface area contributed by atoms with Gasteiger partial charge in [-0.25, -0.2) is 0 Å². The molecule has 0 saturated heterocycles. The summed E-state index contributed by atoms with van der Waals surface area (Å²) in [4.78, 5) is 0. The average molecular weight is 304 g/mol. The summed E-state index contributed by atoms with van der Waals surface area (Å²) < 4.78 is 0. The van der Waals surface area contributed by atoms with Gasteiger partial charge in [0.1, 0.15) is 0 Å². The van der Waals surface area contributed by atoms with Gasteiger partial charge in [0.2, 0.25) is 0 Å². The zero-order chi connectivity index (χ0) is 16.4. The minimum atomic E-state index is 0.682. The molecule has 0 heterocycles. The van der Waals surface area contributed by atoms with Crippen LogP contribution in [0.1, 0.15) is 55.9 Å². The first-order valence-electron chi connectivity index (χ1n) is 9.06. The van der Waals surface area contributed by atoms with E-state index in [0.717, 1.165) is 12.8 Å². The van der Waals surface area contributed by atoms with Crippen molar-refractivity contribution >= 4 is 6.08 Å². The van der Waals surface area contributed by atoms with E-state index >= 15 is 0 Å². The molecule has 0 nitrogen and oxygen atoms in total.